The van der Waals surface area contributed by atoms with Gasteiger partial charge in [-0.25, -0.2) is 8.78 Å². The molecule has 0 saturated carbocycles. The van der Waals surface area contributed by atoms with Gasteiger partial charge < -0.3 is 0 Å². The molecule has 20 heavy (non-hydrogen) atoms. The Bertz CT molecular complexity index is 513. The van der Waals surface area contributed by atoms with Crippen molar-refractivity contribution in [3.8, 4) is 0 Å². The molecule has 0 aromatic heterocycles. The molecular weight excluding hydrogens is 260 g/mol. The fourth-order valence-electron chi connectivity index (χ4n) is 2.88. The molecule has 1 aromatic carbocycles. The van der Waals surface area contributed by atoms with Crippen molar-refractivity contribution in [2.75, 3.05) is 13.1 Å². The summed E-state index contributed by atoms with van der Waals surface area (Å²) in [5.41, 5.74) is 0.149. The summed E-state index contributed by atoms with van der Waals surface area (Å²) >= 11 is 0. The van der Waals surface area contributed by atoms with Gasteiger partial charge in [0.15, 0.2) is 5.78 Å². The molecule has 2 rings (SSSR count). The first kappa shape index (κ1) is 15.1. The van der Waals surface area contributed by atoms with E-state index in [4.69, 9.17) is 0 Å². The third kappa shape index (κ3) is 3.23. The molecule has 110 valence electrons. The van der Waals surface area contributed by atoms with E-state index in [9.17, 15) is 13.6 Å². The molecule has 2 nitrogen and oxygen atoms in total. The molecule has 0 bridgehead atoms. The number of carbonyl (C=O) groups excluding carboxylic acids is 1. The lowest BCUT2D eigenvalue weighted by Crippen LogP contribution is -2.48. The van der Waals surface area contributed by atoms with E-state index in [-0.39, 0.29) is 22.8 Å². The Balaban J connectivity index is 2.16. The van der Waals surface area contributed by atoms with Crippen molar-refractivity contribution >= 4 is 5.78 Å². The Labute approximate surface area is 118 Å². The summed E-state index contributed by atoms with van der Waals surface area (Å²) in [4.78, 5) is 14.5. The minimum Gasteiger partial charge on any atom is -0.293 e. The minimum atomic E-state index is -0.780. The van der Waals surface area contributed by atoms with Crippen molar-refractivity contribution in [1.29, 1.82) is 0 Å². The van der Waals surface area contributed by atoms with E-state index in [1.165, 1.54) is 6.07 Å². The zero-order chi connectivity index (χ0) is 14.9. The molecule has 1 atom stereocenters. The van der Waals surface area contributed by atoms with Crippen molar-refractivity contribution in [2.24, 2.45) is 5.41 Å². The lowest BCUT2D eigenvalue weighted by Gasteiger charge is -2.40. The zero-order valence-corrected chi connectivity index (χ0v) is 12.2. The number of rotatable bonds is 3. The van der Waals surface area contributed by atoms with Gasteiger partial charge in [0, 0.05) is 12.6 Å². The number of Topliss-reactive ketones (excluding diaryl/α,β-unsaturated/α-hetero) is 1. The van der Waals surface area contributed by atoms with Crippen LogP contribution in [-0.2, 0) is 0 Å². The normalized spacial score (nSPS) is 20.6. The minimum absolute atomic E-state index is 0.0257. The van der Waals surface area contributed by atoms with Gasteiger partial charge in [-0.2, -0.15) is 0 Å². The fourth-order valence-corrected chi connectivity index (χ4v) is 2.88. The van der Waals surface area contributed by atoms with E-state index in [0.29, 0.717) is 0 Å². The summed E-state index contributed by atoms with van der Waals surface area (Å²) in [5.74, 6) is -1.72. The van der Waals surface area contributed by atoms with E-state index in [2.05, 4.69) is 18.7 Å². The summed E-state index contributed by atoms with van der Waals surface area (Å²) in [6, 6.07) is 2.75. The van der Waals surface area contributed by atoms with Crippen LogP contribution in [0.1, 0.15) is 44.0 Å². The predicted molar refractivity (Wildman–Crippen MR) is 74.7 cm³/mol. The molecule has 0 N–H and O–H groups in total. The Morgan fingerprint density at radius 1 is 1.35 bits per heavy atom. The van der Waals surface area contributed by atoms with Crippen LogP contribution in [0.15, 0.2) is 18.2 Å². The smallest absolute Gasteiger partial charge is 0.182 e. The van der Waals surface area contributed by atoms with Gasteiger partial charge in [-0.15, -0.1) is 0 Å². The van der Waals surface area contributed by atoms with Crippen LogP contribution >= 0.6 is 0 Å². The first-order valence-corrected chi connectivity index (χ1v) is 7.03. The summed E-state index contributed by atoms with van der Waals surface area (Å²) in [6.07, 6.45) is 2.17. The van der Waals surface area contributed by atoms with Gasteiger partial charge in [0.25, 0.3) is 0 Å². The molecule has 1 heterocycles. The number of piperidine rings is 1. The van der Waals surface area contributed by atoms with Crippen molar-refractivity contribution in [3.05, 3.63) is 35.4 Å². The van der Waals surface area contributed by atoms with E-state index >= 15 is 0 Å². The number of halogens is 2. The number of benzene rings is 1. The second-order valence-electron chi connectivity index (χ2n) is 6.40. The molecule has 0 radical (unpaired) electrons. The number of nitrogens with zero attached hydrogens (tertiary/aromatic N) is 1. The molecule has 1 aliphatic rings. The van der Waals surface area contributed by atoms with Gasteiger partial charge in [-0.1, -0.05) is 13.8 Å². The summed E-state index contributed by atoms with van der Waals surface area (Å²) in [5, 5.41) is 0. The van der Waals surface area contributed by atoms with E-state index in [0.717, 1.165) is 38.1 Å². The highest BCUT2D eigenvalue weighted by atomic mass is 19.1. The van der Waals surface area contributed by atoms with Crippen LogP contribution in [0.3, 0.4) is 0 Å². The standard InChI is InChI=1S/C16H21F2NO/c1-11(19-8-4-7-16(2,3)10-19)15(20)13-6-5-12(17)9-14(13)18/h5-6,9,11H,4,7-8,10H2,1-3H3. The molecule has 1 saturated heterocycles. The van der Waals surface area contributed by atoms with E-state index < -0.39 is 11.6 Å². The fraction of sp³-hybridized carbons (Fsp3) is 0.562. The maximum atomic E-state index is 13.7. The highest BCUT2D eigenvalue weighted by Gasteiger charge is 2.32. The van der Waals surface area contributed by atoms with Crippen LogP contribution in [0.4, 0.5) is 8.78 Å². The number of ketones is 1. The molecule has 0 spiro atoms. The summed E-state index contributed by atoms with van der Waals surface area (Å²) < 4.78 is 26.6. The summed E-state index contributed by atoms with van der Waals surface area (Å²) in [6.45, 7) is 7.82. The first-order chi connectivity index (χ1) is 9.30. The molecule has 1 aliphatic heterocycles. The molecule has 1 unspecified atom stereocenters. The summed E-state index contributed by atoms with van der Waals surface area (Å²) in [7, 11) is 0. The van der Waals surface area contributed by atoms with Crippen LogP contribution in [0, 0.1) is 17.0 Å². The van der Waals surface area contributed by atoms with Gasteiger partial charge in [-0.3, -0.25) is 9.69 Å². The molecule has 0 amide bonds. The molecule has 1 aromatic rings. The van der Waals surface area contributed by atoms with Gasteiger partial charge in [-0.05, 0) is 43.9 Å². The molecule has 4 heteroatoms. The van der Waals surface area contributed by atoms with Crippen LogP contribution in [-0.4, -0.2) is 29.8 Å². The quantitative estimate of drug-likeness (QED) is 0.788. The third-order valence-electron chi connectivity index (χ3n) is 4.05. The predicted octanol–water partition coefficient (Wildman–Crippen LogP) is 3.66. The van der Waals surface area contributed by atoms with Crippen LogP contribution in [0.5, 0.6) is 0 Å². The highest BCUT2D eigenvalue weighted by molar-refractivity contribution is 6.00. The Kier molecular flexibility index (Phi) is 4.23. The number of carbonyl (C=O) groups is 1. The second kappa shape index (κ2) is 5.60. The van der Waals surface area contributed by atoms with E-state index in [1.807, 2.05) is 0 Å². The average molecular weight is 281 g/mol. The number of hydrogen-bond donors (Lipinski definition) is 0. The van der Waals surface area contributed by atoms with Crippen LogP contribution in [0.2, 0.25) is 0 Å². The Morgan fingerprint density at radius 2 is 2.05 bits per heavy atom. The number of likely N-dealkylation sites (tertiary alicyclic amines) is 1. The monoisotopic (exact) mass is 281 g/mol. The lowest BCUT2D eigenvalue weighted by atomic mass is 9.83. The maximum absolute atomic E-state index is 13.7. The van der Waals surface area contributed by atoms with Gasteiger partial charge in [0.1, 0.15) is 11.6 Å². The van der Waals surface area contributed by atoms with Gasteiger partial charge in [0.2, 0.25) is 0 Å². The largest absolute Gasteiger partial charge is 0.293 e. The topological polar surface area (TPSA) is 20.3 Å². The second-order valence-corrected chi connectivity index (χ2v) is 6.40. The van der Waals surface area contributed by atoms with Crippen molar-refractivity contribution in [3.63, 3.8) is 0 Å². The van der Waals surface area contributed by atoms with Crippen molar-refractivity contribution in [1.82, 2.24) is 4.90 Å². The molecule has 1 fully saturated rings. The Hall–Kier alpha value is -1.29. The van der Waals surface area contributed by atoms with Crippen molar-refractivity contribution in [2.45, 2.75) is 39.7 Å². The molecule has 0 aliphatic carbocycles. The highest BCUT2D eigenvalue weighted by Crippen LogP contribution is 2.30. The number of hydrogen-bond acceptors (Lipinski definition) is 2. The SMILES string of the molecule is CC(C(=O)c1ccc(F)cc1F)N1CCCC(C)(C)C1. The Morgan fingerprint density at radius 3 is 2.65 bits per heavy atom. The zero-order valence-electron chi connectivity index (χ0n) is 12.2. The average Bonchev–Trinajstić information content (AvgIpc) is 2.36. The van der Waals surface area contributed by atoms with Crippen LogP contribution < -0.4 is 0 Å². The first-order valence-electron chi connectivity index (χ1n) is 7.03. The van der Waals surface area contributed by atoms with Gasteiger partial charge in [0.05, 0.1) is 11.6 Å². The van der Waals surface area contributed by atoms with Crippen LogP contribution in [0.25, 0.3) is 0 Å². The van der Waals surface area contributed by atoms with E-state index in [1.54, 1.807) is 6.92 Å². The van der Waals surface area contributed by atoms with Gasteiger partial charge >= 0.3 is 0 Å². The maximum Gasteiger partial charge on any atom is 0.182 e. The lowest BCUT2D eigenvalue weighted by molar-refractivity contribution is 0.0623. The third-order valence-corrected chi connectivity index (χ3v) is 4.05. The molecular formula is C16H21F2NO. The van der Waals surface area contributed by atoms with Crippen molar-refractivity contribution < 1.29 is 13.6 Å².